The van der Waals surface area contributed by atoms with Gasteiger partial charge < -0.3 is 4.74 Å². The first kappa shape index (κ1) is 19.9. The molecule has 0 unspecified atom stereocenters. The average Bonchev–Trinajstić information content (AvgIpc) is 2.72. The number of carbonyl (C=O) groups is 1. The summed E-state index contributed by atoms with van der Waals surface area (Å²) >= 11 is 5.91. The summed E-state index contributed by atoms with van der Waals surface area (Å²) in [5.74, 6) is -0.541. The van der Waals surface area contributed by atoms with Crippen molar-refractivity contribution < 1.29 is 17.9 Å². The number of para-hydroxylation sites is 1. The highest BCUT2D eigenvalue weighted by Crippen LogP contribution is 2.22. The molecule has 3 aromatic carbocycles. The highest BCUT2D eigenvalue weighted by atomic mass is 35.5. The molecule has 0 aromatic heterocycles. The van der Waals surface area contributed by atoms with Gasteiger partial charge in [0.25, 0.3) is 10.0 Å². The normalized spacial score (nSPS) is 11.1. The summed E-state index contributed by atoms with van der Waals surface area (Å²) in [6.07, 6.45) is 0. The summed E-state index contributed by atoms with van der Waals surface area (Å²) in [6.45, 7) is 0.0796. The molecule has 0 N–H and O–H groups in total. The maximum atomic E-state index is 12.8. The van der Waals surface area contributed by atoms with Gasteiger partial charge in [-0.1, -0.05) is 41.9 Å². The fourth-order valence-corrected chi connectivity index (χ4v) is 3.97. The second kappa shape index (κ2) is 8.46. The van der Waals surface area contributed by atoms with Gasteiger partial charge in [0.1, 0.15) is 6.61 Å². The van der Waals surface area contributed by atoms with E-state index in [0.29, 0.717) is 10.7 Å². The number of hydrogen-bond donors (Lipinski definition) is 0. The van der Waals surface area contributed by atoms with Gasteiger partial charge in [0.15, 0.2) is 0 Å². The lowest BCUT2D eigenvalue weighted by Gasteiger charge is -2.19. The van der Waals surface area contributed by atoms with Crippen molar-refractivity contribution in [3.63, 3.8) is 0 Å². The summed E-state index contributed by atoms with van der Waals surface area (Å²) in [7, 11) is -2.24. The molecule has 0 aliphatic rings. The fourth-order valence-electron chi connectivity index (χ4n) is 2.56. The molecule has 0 aliphatic carbocycles. The molecule has 5 nitrogen and oxygen atoms in total. The smallest absolute Gasteiger partial charge is 0.338 e. The third-order valence-electron chi connectivity index (χ3n) is 4.13. The Morgan fingerprint density at radius 2 is 1.64 bits per heavy atom. The van der Waals surface area contributed by atoms with E-state index in [1.165, 1.54) is 35.6 Å². The third kappa shape index (κ3) is 4.52. The first-order valence-corrected chi connectivity index (χ1v) is 10.3. The maximum Gasteiger partial charge on any atom is 0.338 e. The molecular weight excluding hydrogens is 398 g/mol. The van der Waals surface area contributed by atoms with Crippen molar-refractivity contribution in [2.75, 3.05) is 11.4 Å². The minimum atomic E-state index is -3.73. The second-order valence-corrected chi connectivity index (χ2v) is 8.44. The zero-order valence-corrected chi connectivity index (χ0v) is 16.7. The largest absolute Gasteiger partial charge is 0.457 e. The summed E-state index contributed by atoms with van der Waals surface area (Å²) in [6, 6.07) is 21.4. The number of halogens is 1. The minimum absolute atomic E-state index is 0.0796. The van der Waals surface area contributed by atoms with Crippen LogP contribution < -0.4 is 4.31 Å². The topological polar surface area (TPSA) is 63.7 Å². The molecule has 0 aliphatic heterocycles. The molecule has 7 heteroatoms. The van der Waals surface area contributed by atoms with E-state index in [1.807, 2.05) is 6.07 Å². The van der Waals surface area contributed by atoms with Crippen LogP contribution in [-0.4, -0.2) is 21.4 Å². The zero-order valence-electron chi connectivity index (χ0n) is 15.1. The Morgan fingerprint density at radius 3 is 2.29 bits per heavy atom. The summed E-state index contributed by atoms with van der Waals surface area (Å²) in [4.78, 5) is 12.3. The highest BCUT2D eigenvalue weighted by molar-refractivity contribution is 7.92. The summed E-state index contributed by atoms with van der Waals surface area (Å²) in [5.41, 5.74) is 1.58. The lowest BCUT2D eigenvalue weighted by atomic mass is 10.2. The van der Waals surface area contributed by atoms with Gasteiger partial charge in [-0.2, -0.15) is 0 Å². The molecule has 0 radical (unpaired) electrons. The van der Waals surface area contributed by atoms with Gasteiger partial charge in [-0.05, 0) is 54.1 Å². The fraction of sp³-hybridized carbons (Fsp3) is 0.0952. The quantitative estimate of drug-likeness (QED) is 0.555. The molecule has 144 valence electrons. The number of ether oxygens (including phenoxy) is 1. The van der Waals surface area contributed by atoms with Gasteiger partial charge in [-0.25, -0.2) is 13.2 Å². The summed E-state index contributed by atoms with van der Waals surface area (Å²) < 4.78 is 32.0. The maximum absolute atomic E-state index is 12.8. The Bertz CT molecular complexity index is 1070. The van der Waals surface area contributed by atoms with E-state index in [1.54, 1.807) is 48.5 Å². The number of rotatable bonds is 6. The van der Waals surface area contributed by atoms with E-state index >= 15 is 0 Å². The number of benzene rings is 3. The van der Waals surface area contributed by atoms with Gasteiger partial charge in [0, 0.05) is 12.1 Å². The Kier molecular flexibility index (Phi) is 6.02. The molecule has 0 saturated carbocycles. The van der Waals surface area contributed by atoms with Crippen LogP contribution in [0.2, 0.25) is 5.02 Å². The first-order valence-electron chi connectivity index (χ1n) is 8.43. The first-order chi connectivity index (χ1) is 13.4. The standard InChI is InChI=1S/C21H18ClNO4S/c1-23(19-8-3-2-4-9-19)28(25,26)20-12-10-17(11-13-20)21(24)27-15-16-6-5-7-18(22)14-16/h2-14H,15H2,1H3. The molecule has 0 amide bonds. The SMILES string of the molecule is CN(c1ccccc1)S(=O)(=O)c1ccc(C(=O)OCc2cccc(Cl)c2)cc1. The van der Waals surface area contributed by atoms with Crippen molar-refractivity contribution in [1.82, 2.24) is 0 Å². The predicted molar refractivity (Wildman–Crippen MR) is 109 cm³/mol. The summed E-state index contributed by atoms with van der Waals surface area (Å²) in [5, 5.41) is 0.561. The van der Waals surface area contributed by atoms with Crippen LogP contribution in [0.25, 0.3) is 0 Å². The lowest BCUT2D eigenvalue weighted by molar-refractivity contribution is 0.0472. The zero-order chi connectivity index (χ0) is 20.1. The van der Waals surface area contributed by atoms with E-state index < -0.39 is 16.0 Å². The average molecular weight is 416 g/mol. The van der Waals surface area contributed by atoms with Gasteiger partial charge >= 0.3 is 5.97 Å². The van der Waals surface area contributed by atoms with Gasteiger partial charge in [-0.15, -0.1) is 0 Å². The number of hydrogen-bond acceptors (Lipinski definition) is 4. The third-order valence-corrected chi connectivity index (χ3v) is 6.16. The van der Waals surface area contributed by atoms with Crippen molar-refractivity contribution in [2.45, 2.75) is 11.5 Å². The van der Waals surface area contributed by atoms with Crippen LogP contribution in [0.5, 0.6) is 0 Å². The number of sulfonamides is 1. The number of anilines is 1. The Hall–Kier alpha value is -2.83. The second-order valence-electron chi connectivity index (χ2n) is 6.04. The lowest BCUT2D eigenvalue weighted by Crippen LogP contribution is -2.26. The van der Waals surface area contributed by atoms with Crippen molar-refractivity contribution in [3.05, 3.63) is 95.0 Å². The van der Waals surface area contributed by atoms with E-state index in [9.17, 15) is 13.2 Å². The monoisotopic (exact) mass is 415 g/mol. The van der Waals surface area contributed by atoms with Gasteiger partial charge in [0.05, 0.1) is 16.1 Å². The highest BCUT2D eigenvalue weighted by Gasteiger charge is 2.21. The van der Waals surface area contributed by atoms with Crippen molar-refractivity contribution in [1.29, 1.82) is 0 Å². The van der Waals surface area contributed by atoms with Crippen LogP contribution >= 0.6 is 11.6 Å². The van der Waals surface area contributed by atoms with Crippen LogP contribution in [0.1, 0.15) is 15.9 Å². The minimum Gasteiger partial charge on any atom is -0.457 e. The molecule has 3 aromatic rings. The molecule has 0 atom stereocenters. The Labute approximate surface area is 169 Å². The van der Waals surface area contributed by atoms with E-state index in [4.69, 9.17) is 16.3 Å². The van der Waals surface area contributed by atoms with Gasteiger partial charge in [-0.3, -0.25) is 4.31 Å². The molecular formula is C21H18ClNO4S. The van der Waals surface area contributed by atoms with Crippen molar-refractivity contribution in [2.24, 2.45) is 0 Å². The molecule has 0 heterocycles. The Morgan fingerprint density at radius 1 is 0.964 bits per heavy atom. The molecule has 0 bridgehead atoms. The molecule has 28 heavy (non-hydrogen) atoms. The number of carbonyl (C=O) groups excluding carboxylic acids is 1. The van der Waals surface area contributed by atoms with Crippen LogP contribution in [0, 0.1) is 0 Å². The molecule has 0 saturated heterocycles. The molecule has 3 rings (SSSR count). The van der Waals surface area contributed by atoms with Crippen LogP contribution in [0.3, 0.4) is 0 Å². The van der Waals surface area contributed by atoms with E-state index in [0.717, 1.165) is 5.56 Å². The van der Waals surface area contributed by atoms with E-state index in [-0.39, 0.29) is 17.1 Å². The predicted octanol–water partition coefficient (Wildman–Crippen LogP) is 4.52. The number of nitrogens with zero attached hydrogens (tertiary/aromatic N) is 1. The van der Waals surface area contributed by atoms with Gasteiger partial charge in [0.2, 0.25) is 0 Å². The van der Waals surface area contributed by atoms with Crippen LogP contribution in [0.15, 0.2) is 83.8 Å². The van der Waals surface area contributed by atoms with Crippen LogP contribution in [0.4, 0.5) is 5.69 Å². The molecule has 0 spiro atoms. The molecule has 0 fully saturated rings. The number of esters is 1. The Balaban J connectivity index is 1.71. The van der Waals surface area contributed by atoms with Crippen LogP contribution in [-0.2, 0) is 21.4 Å². The van der Waals surface area contributed by atoms with Crippen molar-refractivity contribution >= 4 is 33.3 Å². The van der Waals surface area contributed by atoms with E-state index in [2.05, 4.69) is 0 Å². The van der Waals surface area contributed by atoms with Crippen molar-refractivity contribution in [3.8, 4) is 0 Å².